The maximum Gasteiger partial charge on any atom is 0.255 e. The molecule has 0 saturated carbocycles. The van der Waals surface area contributed by atoms with Crippen molar-refractivity contribution in [2.45, 2.75) is 50.6 Å². The predicted octanol–water partition coefficient (Wildman–Crippen LogP) is 2.39. The van der Waals surface area contributed by atoms with Gasteiger partial charge in [0.25, 0.3) is 5.91 Å². The minimum absolute atomic E-state index is 0.00117. The standard InChI is InChI=1S/C22H32N2O5/c1-27-14-15-28-16-21(25)24-12-7-9-18-19(24)10-3-2-6-13-29-20-11-5-4-8-17(20)22(26)23-18/h4-5,8,11,18-19H,2-3,6-7,9-10,12-16H2,1H3,(H,23,26)/t18-,19-/m0/s1. The Balaban J connectivity index is 1.73. The summed E-state index contributed by atoms with van der Waals surface area (Å²) in [7, 11) is 1.61. The molecular weight excluding hydrogens is 372 g/mol. The lowest BCUT2D eigenvalue weighted by atomic mass is 9.91. The Kier molecular flexibility index (Phi) is 8.31. The molecule has 3 rings (SSSR count). The van der Waals surface area contributed by atoms with E-state index in [4.69, 9.17) is 14.2 Å². The number of ether oxygens (including phenoxy) is 3. The minimum Gasteiger partial charge on any atom is -0.493 e. The third-order valence-corrected chi connectivity index (χ3v) is 5.61. The first-order valence-electron chi connectivity index (χ1n) is 10.6. The molecule has 2 aliphatic heterocycles. The normalized spacial score (nSPS) is 22.9. The molecular formula is C22H32N2O5. The van der Waals surface area contributed by atoms with Crippen molar-refractivity contribution in [1.82, 2.24) is 10.2 Å². The summed E-state index contributed by atoms with van der Waals surface area (Å²) in [4.78, 5) is 27.7. The number of hydrogen-bond acceptors (Lipinski definition) is 5. The van der Waals surface area contributed by atoms with Crippen molar-refractivity contribution in [2.75, 3.05) is 40.1 Å². The molecule has 0 spiro atoms. The van der Waals surface area contributed by atoms with E-state index < -0.39 is 0 Å². The van der Waals surface area contributed by atoms with Crippen LogP contribution in [0.1, 0.15) is 48.9 Å². The number of methoxy groups -OCH3 is 1. The number of hydrogen-bond donors (Lipinski definition) is 1. The molecule has 7 nitrogen and oxygen atoms in total. The number of carbonyl (C=O) groups is 2. The molecule has 0 unspecified atom stereocenters. The molecule has 1 N–H and O–H groups in total. The van der Waals surface area contributed by atoms with Crippen LogP contribution in [-0.2, 0) is 14.3 Å². The molecule has 1 fully saturated rings. The van der Waals surface area contributed by atoms with Crippen LogP contribution < -0.4 is 10.1 Å². The van der Waals surface area contributed by atoms with Gasteiger partial charge in [-0.1, -0.05) is 18.6 Å². The van der Waals surface area contributed by atoms with E-state index in [9.17, 15) is 9.59 Å². The van der Waals surface area contributed by atoms with Crippen molar-refractivity contribution in [3.05, 3.63) is 29.8 Å². The molecule has 2 heterocycles. The summed E-state index contributed by atoms with van der Waals surface area (Å²) in [5.41, 5.74) is 0.554. The lowest BCUT2D eigenvalue weighted by molar-refractivity contribution is -0.141. The van der Waals surface area contributed by atoms with E-state index >= 15 is 0 Å². The molecule has 1 saturated heterocycles. The Labute approximate surface area is 172 Å². The molecule has 29 heavy (non-hydrogen) atoms. The molecule has 2 atom stereocenters. The second kappa shape index (κ2) is 11.2. The summed E-state index contributed by atoms with van der Waals surface area (Å²) < 4.78 is 16.3. The van der Waals surface area contributed by atoms with Gasteiger partial charge in [0.15, 0.2) is 0 Å². The van der Waals surface area contributed by atoms with Gasteiger partial charge < -0.3 is 24.4 Å². The first-order valence-corrected chi connectivity index (χ1v) is 10.6. The SMILES string of the molecule is COCCOCC(=O)N1CCC[C@@H]2NC(=O)c3ccccc3OCCCCC[C@@H]21. The van der Waals surface area contributed by atoms with Gasteiger partial charge in [-0.3, -0.25) is 9.59 Å². The first kappa shape index (κ1) is 21.6. The average molecular weight is 405 g/mol. The first-order chi connectivity index (χ1) is 14.2. The highest BCUT2D eigenvalue weighted by atomic mass is 16.5. The molecule has 0 aromatic heterocycles. The highest BCUT2D eigenvalue weighted by Crippen LogP contribution is 2.26. The van der Waals surface area contributed by atoms with Gasteiger partial charge in [0.05, 0.1) is 31.4 Å². The van der Waals surface area contributed by atoms with E-state index in [2.05, 4.69) is 5.32 Å². The van der Waals surface area contributed by atoms with Gasteiger partial charge >= 0.3 is 0 Å². The zero-order valence-corrected chi connectivity index (χ0v) is 17.2. The van der Waals surface area contributed by atoms with Crippen LogP contribution >= 0.6 is 0 Å². The number of para-hydroxylation sites is 1. The molecule has 1 aromatic carbocycles. The highest BCUT2D eigenvalue weighted by Gasteiger charge is 2.35. The maximum absolute atomic E-state index is 13.0. The van der Waals surface area contributed by atoms with Crippen LogP contribution in [0.3, 0.4) is 0 Å². The Morgan fingerprint density at radius 2 is 2.03 bits per heavy atom. The summed E-state index contributed by atoms with van der Waals surface area (Å²) >= 11 is 0. The number of amides is 2. The number of nitrogens with zero attached hydrogens (tertiary/aromatic N) is 1. The molecule has 2 aliphatic rings. The van der Waals surface area contributed by atoms with Gasteiger partial charge in [-0.2, -0.15) is 0 Å². The number of benzene rings is 1. The van der Waals surface area contributed by atoms with Crippen molar-refractivity contribution in [3.8, 4) is 5.75 Å². The van der Waals surface area contributed by atoms with Gasteiger partial charge in [-0.05, 0) is 44.2 Å². The number of rotatable bonds is 5. The van der Waals surface area contributed by atoms with E-state index in [0.717, 1.165) is 38.5 Å². The van der Waals surface area contributed by atoms with Crippen LogP contribution in [0.2, 0.25) is 0 Å². The third kappa shape index (κ3) is 5.93. The van der Waals surface area contributed by atoms with Crippen LogP contribution in [-0.4, -0.2) is 68.9 Å². The predicted molar refractivity (Wildman–Crippen MR) is 109 cm³/mol. The second-order valence-electron chi connectivity index (χ2n) is 7.62. The quantitative estimate of drug-likeness (QED) is 0.763. The second-order valence-corrected chi connectivity index (χ2v) is 7.62. The molecule has 0 radical (unpaired) electrons. The Bertz CT molecular complexity index is 681. The van der Waals surface area contributed by atoms with Crippen molar-refractivity contribution >= 4 is 11.8 Å². The van der Waals surface area contributed by atoms with Gasteiger partial charge in [0.2, 0.25) is 5.91 Å². The van der Waals surface area contributed by atoms with E-state index in [0.29, 0.717) is 37.7 Å². The summed E-state index contributed by atoms with van der Waals surface area (Å²) in [6.45, 7) is 2.23. The molecule has 0 aliphatic carbocycles. The lowest BCUT2D eigenvalue weighted by Gasteiger charge is -2.42. The number of likely N-dealkylation sites (tertiary alicyclic amines) is 1. The summed E-state index contributed by atoms with van der Waals surface area (Å²) in [5, 5.41) is 3.18. The van der Waals surface area contributed by atoms with Crippen molar-refractivity contribution < 1.29 is 23.8 Å². The highest BCUT2D eigenvalue weighted by molar-refractivity contribution is 5.97. The number of piperidine rings is 1. The zero-order valence-electron chi connectivity index (χ0n) is 17.2. The van der Waals surface area contributed by atoms with Crippen LogP contribution in [0.5, 0.6) is 5.75 Å². The fraction of sp³-hybridized carbons (Fsp3) is 0.636. The van der Waals surface area contributed by atoms with Crippen LogP contribution in [0.4, 0.5) is 0 Å². The van der Waals surface area contributed by atoms with E-state index in [-0.39, 0.29) is 30.5 Å². The van der Waals surface area contributed by atoms with Gasteiger partial charge in [0, 0.05) is 19.7 Å². The van der Waals surface area contributed by atoms with Crippen molar-refractivity contribution in [3.63, 3.8) is 0 Å². The lowest BCUT2D eigenvalue weighted by Crippen LogP contribution is -2.57. The molecule has 7 heteroatoms. The van der Waals surface area contributed by atoms with Crippen molar-refractivity contribution in [2.24, 2.45) is 0 Å². The van der Waals surface area contributed by atoms with Crippen LogP contribution in [0.15, 0.2) is 24.3 Å². The minimum atomic E-state index is -0.137. The fourth-order valence-electron chi connectivity index (χ4n) is 4.12. The largest absolute Gasteiger partial charge is 0.493 e. The maximum atomic E-state index is 13.0. The van der Waals surface area contributed by atoms with Crippen molar-refractivity contribution in [1.29, 1.82) is 0 Å². The van der Waals surface area contributed by atoms with Gasteiger partial charge in [-0.25, -0.2) is 0 Å². The Morgan fingerprint density at radius 3 is 2.90 bits per heavy atom. The fourth-order valence-corrected chi connectivity index (χ4v) is 4.12. The smallest absolute Gasteiger partial charge is 0.255 e. The molecule has 1 aromatic rings. The molecule has 2 amide bonds. The van der Waals surface area contributed by atoms with E-state index in [1.165, 1.54) is 0 Å². The summed E-state index contributed by atoms with van der Waals surface area (Å²) in [6, 6.07) is 7.29. The average Bonchev–Trinajstić information content (AvgIpc) is 2.73. The number of fused-ring (bicyclic) bond motifs is 2. The Morgan fingerprint density at radius 1 is 1.17 bits per heavy atom. The summed E-state index contributed by atoms with van der Waals surface area (Å²) in [5.74, 6) is 0.472. The zero-order chi connectivity index (χ0) is 20.5. The summed E-state index contributed by atoms with van der Waals surface area (Å²) in [6.07, 6.45) is 5.57. The third-order valence-electron chi connectivity index (χ3n) is 5.61. The Hall–Kier alpha value is -2.12. The molecule has 0 bridgehead atoms. The molecule has 160 valence electrons. The van der Waals surface area contributed by atoms with E-state index in [1.807, 2.05) is 23.1 Å². The number of carbonyl (C=O) groups excluding carboxylic acids is 2. The van der Waals surface area contributed by atoms with Gasteiger partial charge in [-0.15, -0.1) is 0 Å². The topological polar surface area (TPSA) is 77.1 Å². The monoisotopic (exact) mass is 404 g/mol. The van der Waals surface area contributed by atoms with E-state index in [1.54, 1.807) is 13.2 Å². The van der Waals surface area contributed by atoms with Crippen LogP contribution in [0, 0.1) is 0 Å². The number of nitrogens with one attached hydrogen (secondary N) is 1. The van der Waals surface area contributed by atoms with Gasteiger partial charge in [0.1, 0.15) is 12.4 Å². The van der Waals surface area contributed by atoms with Crippen LogP contribution in [0.25, 0.3) is 0 Å².